The number of aromatic nitrogens is 3. The Kier molecular flexibility index (Phi) is 6.33. The van der Waals surface area contributed by atoms with Gasteiger partial charge >= 0.3 is 12.1 Å². The van der Waals surface area contributed by atoms with E-state index in [2.05, 4.69) is 15.6 Å². The maximum absolute atomic E-state index is 13.6. The van der Waals surface area contributed by atoms with E-state index >= 15 is 0 Å². The molecule has 11 heteroatoms. The molecule has 0 unspecified atom stereocenters. The van der Waals surface area contributed by atoms with E-state index in [1.165, 1.54) is 0 Å². The lowest BCUT2D eigenvalue weighted by Gasteiger charge is -2.14. The van der Waals surface area contributed by atoms with E-state index in [0.717, 1.165) is 24.3 Å². The second-order valence-electron chi connectivity index (χ2n) is 6.61. The highest BCUT2D eigenvalue weighted by Gasteiger charge is 2.42. The molecular formula is C20H16F4N4O3. The maximum Gasteiger partial charge on any atom is 0.435 e. The Labute approximate surface area is 173 Å². The topological polar surface area (TPSA) is 97.1 Å². The number of hydrogen-bond acceptors (Lipinski definition) is 4. The van der Waals surface area contributed by atoms with Crippen LogP contribution < -0.4 is 5.32 Å². The Morgan fingerprint density at radius 1 is 1.06 bits per heavy atom. The highest BCUT2D eigenvalue weighted by molar-refractivity contribution is 5.93. The Morgan fingerprint density at radius 3 is 2.29 bits per heavy atom. The molecule has 0 spiro atoms. The van der Waals surface area contributed by atoms with Crippen molar-refractivity contribution in [2.24, 2.45) is 5.92 Å². The minimum Gasteiger partial charge on any atom is -0.481 e. The van der Waals surface area contributed by atoms with Crippen molar-refractivity contribution in [3.05, 3.63) is 77.4 Å². The van der Waals surface area contributed by atoms with Crippen LogP contribution in [-0.2, 0) is 17.4 Å². The fourth-order valence-corrected chi connectivity index (χ4v) is 2.90. The van der Waals surface area contributed by atoms with Crippen LogP contribution in [0.3, 0.4) is 0 Å². The van der Waals surface area contributed by atoms with E-state index in [4.69, 9.17) is 0 Å². The predicted octanol–water partition coefficient (Wildman–Crippen LogP) is 3.10. The molecule has 0 bridgehead atoms. The molecule has 0 aliphatic heterocycles. The van der Waals surface area contributed by atoms with E-state index in [1.807, 2.05) is 0 Å². The molecule has 162 valence electrons. The van der Waals surface area contributed by atoms with Crippen LogP contribution in [0, 0.1) is 11.7 Å². The van der Waals surface area contributed by atoms with Crippen molar-refractivity contribution in [1.29, 1.82) is 0 Å². The van der Waals surface area contributed by atoms with Gasteiger partial charge in [0.1, 0.15) is 5.82 Å². The van der Waals surface area contributed by atoms with Crippen LogP contribution in [0.25, 0.3) is 5.69 Å². The Balaban J connectivity index is 1.82. The third kappa shape index (κ3) is 5.24. The van der Waals surface area contributed by atoms with Gasteiger partial charge in [-0.05, 0) is 36.2 Å². The Hall–Kier alpha value is -3.76. The van der Waals surface area contributed by atoms with Crippen LogP contribution in [-0.4, -0.2) is 38.5 Å². The summed E-state index contributed by atoms with van der Waals surface area (Å²) in [6.45, 7) is -0.413. The lowest BCUT2D eigenvalue weighted by atomic mass is 9.99. The zero-order valence-electron chi connectivity index (χ0n) is 15.8. The summed E-state index contributed by atoms with van der Waals surface area (Å²) in [6.07, 6.45) is -4.92. The number of carbonyl (C=O) groups is 2. The number of amides is 1. The van der Waals surface area contributed by atoms with Crippen molar-refractivity contribution in [3.8, 4) is 5.69 Å². The first-order valence-corrected chi connectivity index (χ1v) is 9.00. The second kappa shape index (κ2) is 8.94. The van der Waals surface area contributed by atoms with Gasteiger partial charge < -0.3 is 10.4 Å². The van der Waals surface area contributed by atoms with Crippen LogP contribution in [0.5, 0.6) is 0 Å². The highest BCUT2D eigenvalue weighted by Crippen LogP contribution is 2.32. The van der Waals surface area contributed by atoms with Crippen LogP contribution in [0.4, 0.5) is 17.6 Å². The number of nitrogens with one attached hydrogen (secondary N) is 1. The van der Waals surface area contributed by atoms with Crippen molar-refractivity contribution in [2.45, 2.75) is 12.6 Å². The first-order chi connectivity index (χ1) is 14.7. The number of halogens is 4. The molecule has 0 saturated heterocycles. The van der Waals surface area contributed by atoms with Gasteiger partial charge in [0.2, 0.25) is 0 Å². The molecule has 1 amide bonds. The maximum atomic E-state index is 13.6. The van der Waals surface area contributed by atoms with Crippen LogP contribution in [0.2, 0.25) is 0 Å². The lowest BCUT2D eigenvalue weighted by Crippen LogP contribution is -2.35. The molecule has 3 rings (SSSR count). The molecule has 0 aliphatic carbocycles. The van der Waals surface area contributed by atoms with Gasteiger partial charge in [-0.25, -0.2) is 9.07 Å². The minimum atomic E-state index is -5.00. The first-order valence-electron chi connectivity index (χ1n) is 9.00. The van der Waals surface area contributed by atoms with Crippen molar-refractivity contribution in [1.82, 2.24) is 20.3 Å². The van der Waals surface area contributed by atoms with Crippen LogP contribution in [0.15, 0.2) is 54.6 Å². The molecule has 0 radical (unpaired) electrons. The molecule has 3 aromatic rings. The molecule has 2 aromatic carbocycles. The molecule has 0 fully saturated rings. The van der Waals surface area contributed by atoms with E-state index < -0.39 is 47.7 Å². The summed E-state index contributed by atoms with van der Waals surface area (Å²) in [5.74, 6) is -4.16. The standard InChI is InChI=1S/C20H16F4N4O3/c21-14-6-8-15(9-7-14)28-17(20(22,23)24)16(26-27-28)18(29)25-11-13(19(30)31)10-12-4-2-1-3-5-12/h1-9,13H,10-11H2,(H,25,29)(H,30,31)/t13-/m1/s1. The molecule has 0 aliphatic rings. The largest absolute Gasteiger partial charge is 0.481 e. The van der Waals surface area contributed by atoms with Gasteiger partial charge in [0.05, 0.1) is 11.6 Å². The van der Waals surface area contributed by atoms with Gasteiger partial charge in [-0.15, -0.1) is 5.10 Å². The van der Waals surface area contributed by atoms with Crippen molar-refractivity contribution < 1.29 is 32.3 Å². The van der Waals surface area contributed by atoms with E-state index in [0.29, 0.717) is 10.2 Å². The van der Waals surface area contributed by atoms with Crippen molar-refractivity contribution in [2.75, 3.05) is 6.54 Å². The van der Waals surface area contributed by atoms with E-state index in [9.17, 15) is 32.3 Å². The predicted molar refractivity (Wildman–Crippen MR) is 99.9 cm³/mol. The van der Waals surface area contributed by atoms with Crippen molar-refractivity contribution in [3.63, 3.8) is 0 Å². The van der Waals surface area contributed by atoms with E-state index in [1.54, 1.807) is 30.3 Å². The summed E-state index contributed by atoms with van der Waals surface area (Å²) in [7, 11) is 0. The number of rotatable bonds is 7. The number of carboxylic acid groups (broad SMARTS) is 1. The number of aliphatic carboxylic acids is 1. The van der Waals surface area contributed by atoms with Gasteiger partial charge in [0.15, 0.2) is 11.4 Å². The molecule has 1 atom stereocenters. The summed E-state index contributed by atoms with van der Waals surface area (Å²) >= 11 is 0. The number of carbonyl (C=O) groups excluding carboxylic acids is 1. The van der Waals surface area contributed by atoms with Crippen LogP contribution in [0.1, 0.15) is 21.7 Å². The van der Waals surface area contributed by atoms with Gasteiger partial charge in [-0.3, -0.25) is 9.59 Å². The molecule has 1 aromatic heterocycles. The minimum absolute atomic E-state index is 0.0743. The monoisotopic (exact) mass is 436 g/mol. The summed E-state index contributed by atoms with van der Waals surface area (Å²) in [6, 6.07) is 12.6. The quantitative estimate of drug-likeness (QED) is 0.555. The summed E-state index contributed by atoms with van der Waals surface area (Å²) in [5.41, 5.74) is -1.91. The smallest absolute Gasteiger partial charge is 0.435 e. The van der Waals surface area contributed by atoms with Crippen molar-refractivity contribution >= 4 is 11.9 Å². The van der Waals surface area contributed by atoms with E-state index in [-0.39, 0.29) is 12.1 Å². The first kappa shape index (κ1) is 21.9. The number of nitrogens with zero attached hydrogens (tertiary/aromatic N) is 3. The molecule has 1 heterocycles. The average Bonchev–Trinajstić information content (AvgIpc) is 3.18. The normalized spacial score (nSPS) is 12.4. The zero-order chi connectivity index (χ0) is 22.6. The zero-order valence-corrected chi connectivity index (χ0v) is 15.8. The van der Waals surface area contributed by atoms with Gasteiger partial charge in [0, 0.05) is 6.54 Å². The fourth-order valence-electron chi connectivity index (χ4n) is 2.90. The summed E-state index contributed by atoms with van der Waals surface area (Å²) < 4.78 is 54.4. The average molecular weight is 436 g/mol. The molecule has 31 heavy (non-hydrogen) atoms. The number of hydrogen-bond donors (Lipinski definition) is 2. The van der Waals surface area contributed by atoms with Gasteiger partial charge in [-0.1, -0.05) is 35.5 Å². The third-order valence-corrected chi connectivity index (χ3v) is 4.41. The summed E-state index contributed by atoms with van der Waals surface area (Å²) in [5, 5.41) is 18.3. The van der Waals surface area contributed by atoms with Crippen LogP contribution >= 0.6 is 0 Å². The number of benzene rings is 2. The number of carboxylic acids is 1. The molecule has 2 N–H and O–H groups in total. The summed E-state index contributed by atoms with van der Waals surface area (Å²) in [4.78, 5) is 23.9. The highest BCUT2D eigenvalue weighted by atomic mass is 19.4. The lowest BCUT2D eigenvalue weighted by molar-refractivity contribution is -0.143. The Bertz CT molecular complexity index is 1070. The second-order valence-corrected chi connectivity index (χ2v) is 6.61. The fraction of sp³-hybridized carbons (Fsp3) is 0.200. The Morgan fingerprint density at radius 2 is 1.71 bits per heavy atom. The number of alkyl halides is 3. The van der Waals surface area contributed by atoms with Gasteiger partial charge in [-0.2, -0.15) is 13.2 Å². The van der Waals surface area contributed by atoms with Gasteiger partial charge in [0.25, 0.3) is 5.91 Å². The molecular weight excluding hydrogens is 420 g/mol. The molecule has 7 nitrogen and oxygen atoms in total. The third-order valence-electron chi connectivity index (χ3n) is 4.41. The molecule has 0 saturated carbocycles. The SMILES string of the molecule is O=C(NC[C@@H](Cc1ccccc1)C(=O)O)c1nnn(-c2ccc(F)cc2)c1C(F)(F)F.